The number of hydrogen-bond acceptors (Lipinski definition) is 0. The summed E-state index contributed by atoms with van der Waals surface area (Å²) in [5, 5.41) is 1.60. The van der Waals surface area contributed by atoms with Crippen LogP contribution in [0.25, 0.3) is 0 Å². The molecule has 0 aliphatic heterocycles. The first-order chi connectivity index (χ1) is 11.3. The van der Waals surface area contributed by atoms with Crippen LogP contribution in [-0.4, -0.2) is 13.6 Å². The van der Waals surface area contributed by atoms with Crippen molar-refractivity contribution in [1.82, 2.24) is 0 Å². The van der Waals surface area contributed by atoms with Crippen molar-refractivity contribution in [1.29, 1.82) is 0 Å². The molecule has 3 rings (SSSR count). The van der Waals surface area contributed by atoms with E-state index in [0.29, 0.717) is 5.92 Å². The molecule has 0 saturated heterocycles. The number of rotatable bonds is 2. The second kappa shape index (κ2) is 7.30. The normalized spacial score (nSPS) is 23.2. The summed E-state index contributed by atoms with van der Waals surface area (Å²) in [6, 6.07) is 0. The van der Waals surface area contributed by atoms with Crippen LogP contribution in [-0.2, 0) is 19.1 Å². The van der Waals surface area contributed by atoms with Crippen molar-refractivity contribution in [3.05, 3.63) is 67.1 Å². The van der Waals surface area contributed by atoms with Gasteiger partial charge in [0, 0.05) is 0 Å². The van der Waals surface area contributed by atoms with E-state index in [-0.39, 0.29) is 0 Å². The SMILES string of the molecule is CC1=CC(=[Si](C)C)C(C)C2=C(C3=CC=CC3)C(C)=[C]([Hf]([Cl])[Cl])C2=C1. The zero-order valence-corrected chi connectivity index (χ0v) is 21.0. The van der Waals surface area contributed by atoms with Crippen LogP contribution in [0, 0.1) is 5.92 Å². The van der Waals surface area contributed by atoms with Gasteiger partial charge in [0.15, 0.2) is 0 Å². The van der Waals surface area contributed by atoms with Gasteiger partial charge >= 0.3 is 163 Å². The first kappa shape index (κ1) is 18.8. The number of fused-ring (bicyclic) bond motifs is 1. The van der Waals surface area contributed by atoms with E-state index in [1.165, 1.54) is 36.8 Å². The fraction of sp³-hybridized carbons (Fsp3) is 0.350. The van der Waals surface area contributed by atoms with E-state index in [9.17, 15) is 0 Å². The van der Waals surface area contributed by atoms with E-state index in [1.807, 2.05) is 0 Å². The molecule has 0 saturated carbocycles. The molecule has 0 bridgehead atoms. The summed E-state index contributed by atoms with van der Waals surface area (Å²) in [7, 11) is 12.7. The summed E-state index contributed by atoms with van der Waals surface area (Å²) in [4.78, 5) is 0. The Labute approximate surface area is 162 Å². The van der Waals surface area contributed by atoms with Gasteiger partial charge in [-0.05, 0) is 0 Å². The van der Waals surface area contributed by atoms with Crippen LogP contribution in [0.3, 0.4) is 0 Å². The molecule has 4 heteroatoms. The van der Waals surface area contributed by atoms with Gasteiger partial charge in [0.25, 0.3) is 0 Å². The van der Waals surface area contributed by atoms with E-state index in [1.54, 1.807) is 5.17 Å². The molecule has 0 heterocycles. The maximum absolute atomic E-state index is 6.62. The molecule has 3 aliphatic carbocycles. The molecular formula is C20H23Cl2HfSi. The molecule has 24 heavy (non-hydrogen) atoms. The molecule has 0 aromatic rings. The average molecular weight is 541 g/mol. The van der Waals surface area contributed by atoms with Gasteiger partial charge in [-0.1, -0.05) is 0 Å². The third-order valence-corrected chi connectivity index (χ3v) is 13.6. The Kier molecular flexibility index (Phi) is 5.71. The van der Waals surface area contributed by atoms with Crippen LogP contribution in [0.15, 0.2) is 67.1 Å². The van der Waals surface area contributed by atoms with Gasteiger partial charge in [0.05, 0.1) is 0 Å². The van der Waals surface area contributed by atoms with Crippen LogP contribution in [0.1, 0.15) is 27.2 Å². The van der Waals surface area contributed by atoms with Crippen molar-refractivity contribution >= 4 is 30.7 Å². The second-order valence-electron chi connectivity index (χ2n) is 7.00. The maximum atomic E-state index is 6.62. The fourth-order valence-electron chi connectivity index (χ4n) is 4.06. The molecule has 125 valence electrons. The Morgan fingerprint density at radius 1 is 1.17 bits per heavy atom. The van der Waals surface area contributed by atoms with Crippen LogP contribution in [0.5, 0.6) is 0 Å². The Balaban J connectivity index is 2.30. The van der Waals surface area contributed by atoms with E-state index >= 15 is 0 Å². The minimum absolute atomic E-state index is 0.445. The van der Waals surface area contributed by atoms with Gasteiger partial charge in [-0.3, -0.25) is 0 Å². The van der Waals surface area contributed by atoms with Crippen molar-refractivity contribution in [2.45, 2.75) is 40.3 Å². The van der Waals surface area contributed by atoms with Gasteiger partial charge in [-0.2, -0.15) is 0 Å². The summed E-state index contributed by atoms with van der Waals surface area (Å²) in [6.45, 7) is 11.6. The van der Waals surface area contributed by atoms with E-state index in [0.717, 1.165) is 6.42 Å². The second-order valence-corrected chi connectivity index (χ2v) is 21.0. The van der Waals surface area contributed by atoms with Crippen molar-refractivity contribution in [3.8, 4) is 0 Å². The summed E-state index contributed by atoms with van der Waals surface area (Å²) in [5.74, 6) is 0.445. The fourth-order valence-corrected chi connectivity index (χ4v) is 12.5. The van der Waals surface area contributed by atoms with Crippen molar-refractivity contribution in [2.24, 2.45) is 5.92 Å². The van der Waals surface area contributed by atoms with Crippen molar-refractivity contribution < 1.29 is 19.1 Å². The third kappa shape index (κ3) is 3.20. The van der Waals surface area contributed by atoms with Crippen LogP contribution >= 0.6 is 17.2 Å². The molecule has 0 nitrogen and oxygen atoms in total. The standard InChI is InChI=1S/C20H23Si.2ClH.Hf/c1-13-10-17-12-14(2)19(16-8-6-7-9-16)20(17)15(3)18(11-13)21(4)5;;;/h6-8,10-11,15H,9H2,1-5H3;2*1H;/q;;;+2/p-2. The molecule has 1 unspecified atom stereocenters. The van der Waals surface area contributed by atoms with Crippen LogP contribution in [0.2, 0.25) is 13.1 Å². The quantitative estimate of drug-likeness (QED) is 0.355. The molecule has 3 aliphatic rings. The van der Waals surface area contributed by atoms with Gasteiger partial charge in [0.2, 0.25) is 0 Å². The molecule has 1 atom stereocenters. The van der Waals surface area contributed by atoms with E-state index in [2.05, 4.69) is 64.2 Å². The molecule has 0 amide bonds. The van der Waals surface area contributed by atoms with E-state index < -0.39 is 27.5 Å². The molecule has 0 spiro atoms. The Morgan fingerprint density at radius 3 is 2.42 bits per heavy atom. The summed E-state index contributed by atoms with van der Waals surface area (Å²) in [6.07, 6.45) is 12.5. The van der Waals surface area contributed by atoms with Crippen LogP contribution in [0.4, 0.5) is 0 Å². The monoisotopic (exact) mass is 541 g/mol. The topological polar surface area (TPSA) is 0 Å². The van der Waals surface area contributed by atoms with Gasteiger partial charge < -0.3 is 0 Å². The first-order valence-corrected chi connectivity index (χ1v) is 21.6. The summed E-state index contributed by atoms with van der Waals surface area (Å²) >= 11 is -2.71. The number of hydrogen-bond donors (Lipinski definition) is 0. The third-order valence-electron chi connectivity index (χ3n) is 5.09. The Bertz CT molecular complexity index is 813. The van der Waals surface area contributed by atoms with E-state index in [4.69, 9.17) is 17.2 Å². The van der Waals surface area contributed by atoms with Crippen molar-refractivity contribution in [3.63, 3.8) is 0 Å². The zero-order chi connectivity index (χ0) is 17.6. The van der Waals surface area contributed by atoms with Gasteiger partial charge in [-0.15, -0.1) is 0 Å². The predicted molar refractivity (Wildman–Crippen MR) is 107 cm³/mol. The first-order valence-electron chi connectivity index (χ1n) is 8.40. The average Bonchev–Trinajstić information content (AvgIpc) is 3.06. The molecule has 0 aromatic carbocycles. The van der Waals surface area contributed by atoms with Crippen LogP contribution < -0.4 is 0 Å². The Morgan fingerprint density at radius 2 is 1.88 bits per heavy atom. The van der Waals surface area contributed by atoms with Gasteiger partial charge in [-0.25, -0.2) is 0 Å². The molecule has 0 radical (unpaired) electrons. The minimum atomic E-state index is -2.71. The summed E-state index contributed by atoms with van der Waals surface area (Å²) < 4.78 is 1.31. The molecule has 0 fully saturated rings. The molecular weight excluding hydrogens is 518 g/mol. The number of halogens is 2. The summed E-state index contributed by atoms with van der Waals surface area (Å²) in [5.41, 5.74) is 8.37. The zero-order valence-electron chi connectivity index (χ0n) is 14.9. The van der Waals surface area contributed by atoms with Gasteiger partial charge in [0.1, 0.15) is 0 Å². The van der Waals surface area contributed by atoms with Crippen molar-refractivity contribution in [2.75, 3.05) is 0 Å². The molecule has 0 aromatic heterocycles. The number of allylic oxidation sites excluding steroid dienone is 12. The Hall–Kier alpha value is -0.0230. The predicted octanol–water partition coefficient (Wildman–Crippen LogP) is 6.41. The molecule has 0 N–H and O–H groups in total.